The number of ketones is 1. The first-order chi connectivity index (χ1) is 18.3. The summed E-state index contributed by atoms with van der Waals surface area (Å²) in [5, 5.41) is 3.41. The van der Waals surface area contributed by atoms with Crippen LogP contribution in [0.2, 0.25) is 0 Å². The fraction of sp³-hybridized carbons (Fsp3) is 0.419. The van der Waals surface area contributed by atoms with Crippen LogP contribution >= 0.6 is 0 Å². The van der Waals surface area contributed by atoms with Gasteiger partial charge in [0.15, 0.2) is 17.3 Å². The Morgan fingerprint density at radius 2 is 1.76 bits per heavy atom. The summed E-state index contributed by atoms with van der Waals surface area (Å²) in [5.41, 5.74) is 4.37. The number of methoxy groups -OCH3 is 2. The van der Waals surface area contributed by atoms with E-state index in [0.717, 1.165) is 16.8 Å². The van der Waals surface area contributed by atoms with E-state index in [1.54, 1.807) is 14.2 Å². The topological polar surface area (TPSA) is 83.1 Å². The largest absolute Gasteiger partial charge is 0.493 e. The van der Waals surface area contributed by atoms with Crippen LogP contribution in [0.15, 0.2) is 65.0 Å². The van der Waals surface area contributed by atoms with Gasteiger partial charge in [0.25, 0.3) is 0 Å². The van der Waals surface area contributed by atoms with Crippen LogP contribution in [0.25, 0.3) is 0 Å². The lowest BCUT2D eigenvalue weighted by molar-refractivity contribution is -0.139. The summed E-state index contributed by atoms with van der Waals surface area (Å²) in [6, 6.07) is 13.4. The first-order valence-corrected chi connectivity index (χ1v) is 13.2. The minimum Gasteiger partial charge on any atom is -0.493 e. The van der Waals surface area contributed by atoms with Gasteiger partial charge in [-0.05, 0) is 63.3 Å². The van der Waals surface area contributed by atoms with Crippen LogP contribution in [0.4, 0.5) is 0 Å². The fourth-order valence-electron chi connectivity index (χ4n) is 5.32. The third kappa shape index (κ3) is 5.42. The number of ether oxygens (including phenoxy) is 4. The van der Waals surface area contributed by atoms with E-state index in [2.05, 4.69) is 5.32 Å². The summed E-state index contributed by atoms with van der Waals surface area (Å²) in [6.07, 6.45) is 1.58. The zero-order valence-corrected chi connectivity index (χ0v) is 23.1. The number of hydrogen-bond donors (Lipinski definition) is 1. The number of allylic oxidation sites excluding steroid dienone is 3. The van der Waals surface area contributed by atoms with Gasteiger partial charge in [-0.25, -0.2) is 4.79 Å². The molecule has 1 N–H and O–H groups in total. The molecule has 0 radical (unpaired) electrons. The molecule has 0 aromatic heterocycles. The molecule has 1 aliphatic heterocycles. The highest BCUT2D eigenvalue weighted by Crippen LogP contribution is 2.48. The lowest BCUT2D eigenvalue weighted by atomic mass is 9.71. The molecular weight excluding hydrogens is 482 g/mol. The molecule has 0 saturated heterocycles. The van der Waals surface area contributed by atoms with E-state index >= 15 is 0 Å². The van der Waals surface area contributed by atoms with Gasteiger partial charge in [-0.1, -0.05) is 31.2 Å². The second-order valence-corrected chi connectivity index (χ2v) is 9.97. The van der Waals surface area contributed by atoms with Gasteiger partial charge in [0.05, 0.1) is 38.4 Å². The van der Waals surface area contributed by atoms with Crippen molar-refractivity contribution < 1.29 is 28.5 Å². The number of Topliss-reactive ketones (excluding diaryl/α,β-unsaturated/α-hetero) is 1. The van der Waals surface area contributed by atoms with Crippen molar-refractivity contribution in [2.24, 2.45) is 0 Å². The maximum absolute atomic E-state index is 13.9. The van der Waals surface area contributed by atoms with Gasteiger partial charge in [-0.15, -0.1) is 0 Å². The van der Waals surface area contributed by atoms with Gasteiger partial charge in [-0.3, -0.25) is 4.79 Å². The number of esters is 1. The molecule has 0 amide bonds. The van der Waals surface area contributed by atoms with Crippen molar-refractivity contribution in [2.45, 2.75) is 64.9 Å². The molecule has 0 unspecified atom stereocenters. The van der Waals surface area contributed by atoms with E-state index < -0.39 is 11.9 Å². The molecule has 0 saturated carbocycles. The second kappa shape index (κ2) is 11.8. The average molecular weight is 520 g/mol. The van der Waals surface area contributed by atoms with E-state index in [1.807, 2.05) is 70.2 Å². The Hall–Kier alpha value is -3.74. The van der Waals surface area contributed by atoms with E-state index in [-0.39, 0.29) is 17.8 Å². The summed E-state index contributed by atoms with van der Waals surface area (Å²) in [5.74, 6) is 0.888. The Kier molecular flexibility index (Phi) is 8.45. The first kappa shape index (κ1) is 27.3. The molecule has 0 spiro atoms. The minimum absolute atomic E-state index is 0.00354. The Balaban J connectivity index is 1.80. The van der Waals surface area contributed by atoms with Crippen LogP contribution < -0.4 is 19.5 Å². The molecule has 0 fully saturated rings. The fourth-order valence-corrected chi connectivity index (χ4v) is 5.32. The van der Waals surface area contributed by atoms with Gasteiger partial charge in [0.2, 0.25) is 0 Å². The highest BCUT2D eigenvalue weighted by molar-refractivity contribution is 6.04. The Labute approximate surface area is 224 Å². The number of para-hydroxylation sites is 1. The zero-order chi connectivity index (χ0) is 27.4. The number of nitrogens with one attached hydrogen (secondary N) is 1. The van der Waals surface area contributed by atoms with Crippen LogP contribution in [0.3, 0.4) is 0 Å². The number of dihydropyridines is 1. The lowest BCUT2D eigenvalue weighted by Gasteiger charge is -2.37. The summed E-state index contributed by atoms with van der Waals surface area (Å²) in [6.45, 7) is 8.06. The van der Waals surface area contributed by atoms with Crippen molar-refractivity contribution in [1.29, 1.82) is 0 Å². The van der Waals surface area contributed by atoms with Crippen molar-refractivity contribution >= 4 is 11.8 Å². The number of carbonyl (C=O) groups excluding carboxylic acids is 2. The third-order valence-corrected chi connectivity index (χ3v) is 6.96. The molecule has 1 aliphatic carbocycles. The van der Waals surface area contributed by atoms with Crippen molar-refractivity contribution in [3.8, 4) is 17.2 Å². The molecular formula is C31H37NO6. The molecule has 0 bridgehead atoms. The SMILES string of the molecule is CCCOC(=O)C1=C(C)NC2=C(C(=O)C[C@@H](c3ccc(OC)c(OC)c3)C2)[C@H]1c1ccccc1OC(C)C. The van der Waals surface area contributed by atoms with Gasteiger partial charge in [0, 0.05) is 29.0 Å². The van der Waals surface area contributed by atoms with Crippen molar-refractivity contribution in [3.63, 3.8) is 0 Å². The van der Waals surface area contributed by atoms with Crippen LogP contribution in [-0.4, -0.2) is 38.7 Å². The number of carbonyl (C=O) groups is 2. The van der Waals surface area contributed by atoms with Crippen molar-refractivity contribution in [2.75, 3.05) is 20.8 Å². The third-order valence-electron chi connectivity index (χ3n) is 6.96. The molecule has 2 aromatic rings. The molecule has 202 valence electrons. The van der Waals surface area contributed by atoms with Gasteiger partial charge >= 0.3 is 5.97 Å². The monoisotopic (exact) mass is 519 g/mol. The van der Waals surface area contributed by atoms with E-state index in [0.29, 0.717) is 60.0 Å². The predicted molar refractivity (Wildman–Crippen MR) is 146 cm³/mol. The summed E-state index contributed by atoms with van der Waals surface area (Å²) in [4.78, 5) is 27.3. The summed E-state index contributed by atoms with van der Waals surface area (Å²) >= 11 is 0. The predicted octanol–water partition coefficient (Wildman–Crippen LogP) is 5.81. The number of benzene rings is 2. The number of hydrogen-bond acceptors (Lipinski definition) is 7. The van der Waals surface area contributed by atoms with Crippen LogP contribution in [0.5, 0.6) is 17.2 Å². The Morgan fingerprint density at radius 3 is 2.45 bits per heavy atom. The highest BCUT2D eigenvalue weighted by Gasteiger charge is 2.42. The molecule has 4 rings (SSSR count). The standard InChI is InChI=1S/C31H37NO6/c1-7-14-37-31(34)28-19(4)32-23-15-21(20-12-13-26(35-5)27(17-20)36-6)16-24(33)30(23)29(28)22-10-8-9-11-25(22)38-18(2)3/h8-13,17-18,21,29,32H,7,14-16H2,1-6H3/t21-,29-/m0/s1. The van der Waals surface area contributed by atoms with Gasteiger partial charge < -0.3 is 24.3 Å². The maximum Gasteiger partial charge on any atom is 0.336 e. The van der Waals surface area contributed by atoms with Gasteiger partial charge in [0.1, 0.15) is 5.75 Å². The Bertz CT molecular complexity index is 1270. The molecule has 7 nitrogen and oxygen atoms in total. The first-order valence-electron chi connectivity index (χ1n) is 13.2. The molecule has 7 heteroatoms. The van der Waals surface area contributed by atoms with Crippen LogP contribution in [0.1, 0.15) is 69.9 Å². The summed E-state index contributed by atoms with van der Waals surface area (Å²) in [7, 11) is 3.20. The lowest BCUT2D eigenvalue weighted by Crippen LogP contribution is -2.36. The van der Waals surface area contributed by atoms with Crippen LogP contribution in [-0.2, 0) is 14.3 Å². The quantitative estimate of drug-likeness (QED) is 0.419. The number of rotatable bonds is 9. The average Bonchev–Trinajstić information content (AvgIpc) is 2.90. The van der Waals surface area contributed by atoms with Crippen LogP contribution in [0, 0.1) is 0 Å². The summed E-state index contributed by atoms with van der Waals surface area (Å²) < 4.78 is 22.6. The molecule has 1 heterocycles. The van der Waals surface area contributed by atoms with Crippen molar-refractivity contribution in [3.05, 3.63) is 76.1 Å². The smallest absolute Gasteiger partial charge is 0.336 e. The van der Waals surface area contributed by atoms with Crippen molar-refractivity contribution in [1.82, 2.24) is 5.32 Å². The highest BCUT2D eigenvalue weighted by atomic mass is 16.5. The molecule has 2 aromatic carbocycles. The molecule has 38 heavy (non-hydrogen) atoms. The van der Waals surface area contributed by atoms with E-state index in [9.17, 15) is 9.59 Å². The zero-order valence-electron chi connectivity index (χ0n) is 23.1. The molecule has 2 aliphatic rings. The van der Waals surface area contributed by atoms with Gasteiger partial charge in [-0.2, -0.15) is 0 Å². The minimum atomic E-state index is -0.579. The second-order valence-electron chi connectivity index (χ2n) is 9.97. The molecule has 2 atom stereocenters. The maximum atomic E-state index is 13.9. The normalized spacial score (nSPS) is 19.2. The Morgan fingerprint density at radius 1 is 1.03 bits per heavy atom. The van der Waals surface area contributed by atoms with E-state index in [1.165, 1.54) is 0 Å². The van der Waals surface area contributed by atoms with E-state index in [4.69, 9.17) is 18.9 Å².